The van der Waals surface area contributed by atoms with Crippen LogP contribution in [-0.2, 0) is 6.54 Å². The van der Waals surface area contributed by atoms with Crippen molar-refractivity contribution in [3.8, 4) is 0 Å². The highest BCUT2D eigenvalue weighted by atomic mass is 15.3. The number of aromatic nitrogens is 3. The van der Waals surface area contributed by atoms with Crippen molar-refractivity contribution in [1.29, 1.82) is 0 Å². The van der Waals surface area contributed by atoms with Crippen molar-refractivity contribution in [2.75, 3.05) is 0 Å². The fourth-order valence-electron chi connectivity index (χ4n) is 4.31. The quantitative estimate of drug-likeness (QED) is 0.506. The van der Waals surface area contributed by atoms with Crippen LogP contribution < -0.4 is 0 Å². The minimum Gasteiger partial charge on any atom is -0.253 e. The van der Waals surface area contributed by atoms with Gasteiger partial charge in [0.25, 0.3) is 0 Å². The molecule has 0 aliphatic heterocycles. The van der Waals surface area contributed by atoms with Gasteiger partial charge in [-0.1, -0.05) is 72.1 Å². The minimum absolute atomic E-state index is 0.502. The molecule has 0 bridgehead atoms. The molecular weight excluding hydrogens is 282 g/mol. The van der Waals surface area contributed by atoms with Crippen LogP contribution in [0.2, 0.25) is 0 Å². The molecule has 0 radical (unpaired) electrons. The second-order valence-corrected chi connectivity index (χ2v) is 8.45. The lowest BCUT2D eigenvalue weighted by atomic mass is 9.66. The van der Waals surface area contributed by atoms with Gasteiger partial charge in [0.05, 0.1) is 0 Å². The van der Waals surface area contributed by atoms with Gasteiger partial charge in [-0.25, -0.2) is 4.98 Å². The number of hydrogen-bond acceptors (Lipinski definition) is 2. The van der Waals surface area contributed by atoms with Gasteiger partial charge in [-0.15, -0.1) is 0 Å². The summed E-state index contributed by atoms with van der Waals surface area (Å²) in [5, 5.41) is 4.34. The zero-order chi connectivity index (χ0) is 16.5. The lowest BCUT2D eigenvalue weighted by Crippen LogP contribution is -2.32. The zero-order valence-corrected chi connectivity index (χ0v) is 15.6. The molecule has 1 aromatic rings. The summed E-state index contributed by atoms with van der Waals surface area (Å²) >= 11 is 0. The average molecular weight is 320 g/mol. The van der Waals surface area contributed by atoms with E-state index in [1.807, 2.05) is 11.0 Å². The van der Waals surface area contributed by atoms with E-state index in [-0.39, 0.29) is 0 Å². The van der Waals surface area contributed by atoms with Gasteiger partial charge in [0.15, 0.2) is 0 Å². The average Bonchev–Trinajstić information content (AvgIpc) is 3.01. The summed E-state index contributed by atoms with van der Waals surface area (Å²) in [5.74, 6) is 1.67. The Balaban J connectivity index is 1.74. The van der Waals surface area contributed by atoms with Crippen molar-refractivity contribution < 1.29 is 0 Å². The van der Waals surface area contributed by atoms with Gasteiger partial charge >= 0.3 is 0 Å². The van der Waals surface area contributed by atoms with Crippen molar-refractivity contribution in [2.24, 2.45) is 17.3 Å². The first-order chi connectivity index (χ1) is 11.1. The molecule has 1 heterocycles. The fraction of sp³-hybridized carbons (Fsp3) is 0.900. The van der Waals surface area contributed by atoms with Crippen LogP contribution in [0, 0.1) is 17.3 Å². The topological polar surface area (TPSA) is 30.7 Å². The maximum absolute atomic E-state index is 4.34. The molecule has 1 fully saturated rings. The highest BCUT2D eigenvalue weighted by molar-refractivity contribution is 4.85. The Hall–Kier alpha value is -0.860. The standard InChI is InChI=1S/C20H37N3/c1-4-5-6-7-8-9-10-11-18-12-13-20(2,3)14-19(18)15-23-17-21-16-22-23/h16-19H,4-15H2,1-3H3/t18-,19+/m1/s1. The Labute approximate surface area is 143 Å². The molecule has 132 valence electrons. The number of nitrogens with zero attached hydrogens (tertiary/aromatic N) is 3. The van der Waals surface area contributed by atoms with E-state index in [1.54, 1.807) is 6.33 Å². The first kappa shape index (κ1) is 18.5. The molecule has 1 aromatic heterocycles. The predicted octanol–water partition coefficient (Wildman–Crippen LogP) is 5.86. The summed E-state index contributed by atoms with van der Waals surface area (Å²) in [6.45, 7) is 8.22. The van der Waals surface area contributed by atoms with Gasteiger partial charge in [-0.3, -0.25) is 4.68 Å². The largest absolute Gasteiger partial charge is 0.253 e. The van der Waals surface area contributed by atoms with Crippen LogP contribution in [0.5, 0.6) is 0 Å². The molecule has 23 heavy (non-hydrogen) atoms. The van der Waals surface area contributed by atoms with Gasteiger partial charge in [-0.05, 0) is 36.5 Å². The molecule has 0 spiro atoms. The summed E-state index contributed by atoms with van der Waals surface area (Å²) in [6.07, 6.45) is 19.0. The lowest BCUT2D eigenvalue weighted by molar-refractivity contribution is 0.0944. The smallest absolute Gasteiger partial charge is 0.137 e. The molecular formula is C20H37N3. The fourth-order valence-corrected chi connectivity index (χ4v) is 4.31. The van der Waals surface area contributed by atoms with E-state index < -0.39 is 0 Å². The molecule has 0 unspecified atom stereocenters. The van der Waals surface area contributed by atoms with E-state index in [9.17, 15) is 0 Å². The number of unbranched alkanes of at least 4 members (excludes halogenated alkanes) is 6. The van der Waals surface area contributed by atoms with Gasteiger partial charge in [0.2, 0.25) is 0 Å². The highest BCUT2D eigenvalue weighted by Gasteiger charge is 2.34. The van der Waals surface area contributed by atoms with E-state index in [4.69, 9.17) is 0 Å². The minimum atomic E-state index is 0.502. The van der Waals surface area contributed by atoms with E-state index >= 15 is 0 Å². The van der Waals surface area contributed by atoms with Gasteiger partial charge in [-0.2, -0.15) is 5.10 Å². The molecule has 2 atom stereocenters. The van der Waals surface area contributed by atoms with Crippen LogP contribution >= 0.6 is 0 Å². The normalized spacial score (nSPS) is 24.0. The predicted molar refractivity (Wildman–Crippen MR) is 97.2 cm³/mol. The second kappa shape index (κ2) is 9.44. The van der Waals surface area contributed by atoms with E-state index in [1.165, 1.54) is 70.6 Å². The molecule has 1 saturated carbocycles. The molecule has 2 rings (SSSR count). The third-order valence-electron chi connectivity index (χ3n) is 5.74. The highest BCUT2D eigenvalue weighted by Crippen LogP contribution is 2.44. The molecule has 1 aliphatic rings. The lowest BCUT2D eigenvalue weighted by Gasteiger charge is -2.41. The van der Waals surface area contributed by atoms with Crippen molar-refractivity contribution in [3.63, 3.8) is 0 Å². The maximum Gasteiger partial charge on any atom is 0.137 e. The number of hydrogen-bond donors (Lipinski definition) is 0. The Morgan fingerprint density at radius 2 is 1.78 bits per heavy atom. The third-order valence-corrected chi connectivity index (χ3v) is 5.74. The molecule has 1 aliphatic carbocycles. The summed E-state index contributed by atoms with van der Waals surface area (Å²) in [7, 11) is 0. The zero-order valence-electron chi connectivity index (χ0n) is 15.6. The van der Waals surface area contributed by atoms with Crippen LogP contribution in [0.25, 0.3) is 0 Å². The van der Waals surface area contributed by atoms with E-state index in [0.717, 1.165) is 18.4 Å². The summed E-state index contributed by atoms with van der Waals surface area (Å²) in [6, 6.07) is 0. The van der Waals surface area contributed by atoms with Crippen LogP contribution in [0.15, 0.2) is 12.7 Å². The van der Waals surface area contributed by atoms with E-state index in [2.05, 4.69) is 30.9 Å². The second-order valence-electron chi connectivity index (χ2n) is 8.45. The van der Waals surface area contributed by atoms with Crippen molar-refractivity contribution in [3.05, 3.63) is 12.7 Å². The summed E-state index contributed by atoms with van der Waals surface area (Å²) in [4.78, 5) is 4.11. The molecule has 3 nitrogen and oxygen atoms in total. The Kier molecular flexibility index (Phi) is 7.58. The summed E-state index contributed by atoms with van der Waals surface area (Å²) < 4.78 is 2.05. The van der Waals surface area contributed by atoms with Crippen molar-refractivity contribution in [2.45, 2.75) is 97.9 Å². The van der Waals surface area contributed by atoms with Crippen LogP contribution in [-0.4, -0.2) is 14.8 Å². The van der Waals surface area contributed by atoms with Gasteiger partial charge < -0.3 is 0 Å². The Bertz CT molecular complexity index is 411. The molecule has 0 saturated heterocycles. The van der Waals surface area contributed by atoms with Gasteiger partial charge in [0.1, 0.15) is 12.7 Å². The monoisotopic (exact) mass is 319 g/mol. The molecule has 3 heteroatoms. The van der Waals surface area contributed by atoms with Crippen LogP contribution in [0.1, 0.15) is 91.4 Å². The molecule has 0 aromatic carbocycles. The molecule has 0 amide bonds. The van der Waals surface area contributed by atoms with Crippen molar-refractivity contribution >= 4 is 0 Å². The first-order valence-corrected chi connectivity index (χ1v) is 9.93. The van der Waals surface area contributed by atoms with Gasteiger partial charge in [0, 0.05) is 6.54 Å². The van der Waals surface area contributed by atoms with Crippen molar-refractivity contribution in [1.82, 2.24) is 14.8 Å². The van der Waals surface area contributed by atoms with E-state index in [0.29, 0.717) is 5.41 Å². The van der Waals surface area contributed by atoms with Crippen LogP contribution in [0.4, 0.5) is 0 Å². The van der Waals surface area contributed by atoms with Crippen LogP contribution in [0.3, 0.4) is 0 Å². The first-order valence-electron chi connectivity index (χ1n) is 9.93. The Morgan fingerprint density at radius 3 is 2.48 bits per heavy atom. The number of rotatable bonds is 10. The molecule has 0 N–H and O–H groups in total. The SMILES string of the molecule is CCCCCCCCC[C@@H]1CCC(C)(C)C[C@H]1Cn1cncn1. The Morgan fingerprint density at radius 1 is 1.04 bits per heavy atom. The third kappa shape index (κ3) is 6.64. The maximum atomic E-state index is 4.34. The summed E-state index contributed by atoms with van der Waals surface area (Å²) in [5.41, 5.74) is 0.502.